The summed E-state index contributed by atoms with van der Waals surface area (Å²) in [6.07, 6.45) is 2.29. The van der Waals surface area contributed by atoms with Crippen LogP contribution in [0.2, 0.25) is 0 Å². The summed E-state index contributed by atoms with van der Waals surface area (Å²) in [5.74, 6) is -0.227. The van der Waals surface area contributed by atoms with Gasteiger partial charge >= 0.3 is 0 Å². The topological polar surface area (TPSA) is 84.3 Å². The van der Waals surface area contributed by atoms with E-state index in [0.717, 1.165) is 15.9 Å². The van der Waals surface area contributed by atoms with Gasteiger partial charge in [-0.3, -0.25) is 24.6 Å². The lowest BCUT2D eigenvalue weighted by Crippen LogP contribution is -2.47. The molecule has 1 aromatic heterocycles. The first-order chi connectivity index (χ1) is 14.6. The average Bonchev–Trinajstić information content (AvgIpc) is 3.23. The lowest BCUT2D eigenvalue weighted by atomic mass is 10.1. The Morgan fingerprint density at radius 2 is 1.70 bits per heavy atom. The average molecular weight is 423 g/mol. The predicted octanol–water partition coefficient (Wildman–Crippen LogP) is 3.41. The van der Waals surface area contributed by atoms with Gasteiger partial charge in [0.1, 0.15) is 6.04 Å². The maximum absolute atomic E-state index is 13.3. The van der Waals surface area contributed by atoms with Crippen LogP contribution in [0.15, 0.2) is 48.5 Å². The number of nitrogens with one attached hydrogen (secondary N) is 1. The van der Waals surface area contributed by atoms with E-state index in [9.17, 15) is 14.4 Å². The molecule has 0 unspecified atom stereocenters. The van der Waals surface area contributed by atoms with Crippen molar-refractivity contribution in [2.45, 2.75) is 25.9 Å². The molecule has 0 bridgehead atoms. The molecule has 30 heavy (non-hydrogen) atoms. The minimum atomic E-state index is -0.907. The van der Waals surface area contributed by atoms with Gasteiger partial charge in [-0.1, -0.05) is 24.3 Å². The summed E-state index contributed by atoms with van der Waals surface area (Å²) in [4.78, 5) is 44.8. The van der Waals surface area contributed by atoms with Crippen molar-refractivity contribution in [1.29, 1.82) is 0 Å². The molecule has 154 valence electrons. The van der Waals surface area contributed by atoms with E-state index in [0.29, 0.717) is 35.8 Å². The van der Waals surface area contributed by atoms with E-state index in [2.05, 4.69) is 10.3 Å². The molecule has 1 N–H and O–H groups in total. The van der Waals surface area contributed by atoms with Gasteiger partial charge in [0.2, 0.25) is 11.9 Å². The maximum atomic E-state index is 13.3. The van der Waals surface area contributed by atoms with Crippen LogP contribution in [0.1, 0.15) is 34.1 Å². The zero-order chi connectivity index (χ0) is 21.3. The summed E-state index contributed by atoms with van der Waals surface area (Å²) >= 11 is 1.56. The number of imidazole rings is 1. The van der Waals surface area contributed by atoms with Gasteiger partial charge in [0.05, 0.1) is 22.2 Å². The van der Waals surface area contributed by atoms with Gasteiger partial charge in [0.15, 0.2) is 0 Å². The smallest absolute Gasteiger partial charge is 0.262 e. The highest BCUT2D eigenvalue weighted by atomic mass is 32.2. The number of anilines is 1. The summed E-state index contributed by atoms with van der Waals surface area (Å²) in [5.41, 5.74) is 2.36. The number of hydrogen-bond acceptors (Lipinski definition) is 5. The predicted molar refractivity (Wildman–Crippen MR) is 118 cm³/mol. The Bertz CT molecular complexity index is 1110. The number of carbonyl (C=O) groups excluding carboxylic acids is 3. The molecule has 0 fully saturated rings. The number of carbonyl (C=O) groups is 3. The SMILES string of the molecule is CCn1c(NC(=O)[C@@H](CCSC)N2C(=O)c3ccccc3C2=O)nc2ccccc21. The molecule has 3 aromatic rings. The number of amides is 3. The van der Waals surface area contributed by atoms with E-state index in [1.807, 2.05) is 42.0 Å². The van der Waals surface area contributed by atoms with Crippen LogP contribution in [0.5, 0.6) is 0 Å². The number of imide groups is 1. The summed E-state index contributed by atoms with van der Waals surface area (Å²) in [5, 5.41) is 2.86. The standard InChI is InChI=1S/C22H22N4O3S/c1-3-25-17-11-7-6-10-16(17)23-22(25)24-19(27)18(12-13-30-2)26-20(28)14-8-4-5-9-15(14)21(26)29/h4-11,18H,3,12-13H2,1-2H3,(H,23,24,27)/t18-/m1/s1. The number of fused-ring (bicyclic) bond motifs is 2. The van der Waals surface area contributed by atoms with Crippen molar-refractivity contribution in [3.63, 3.8) is 0 Å². The lowest BCUT2D eigenvalue weighted by Gasteiger charge is -2.25. The molecule has 1 aliphatic heterocycles. The molecule has 1 atom stereocenters. The molecule has 2 heterocycles. The molecule has 8 heteroatoms. The highest BCUT2D eigenvalue weighted by molar-refractivity contribution is 7.98. The molecule has 7 nitrogen and oxygen atoms in total. The monoisotopic (exact) mass is 422 g/mol. The van der Waals surface area contributed by atoms with Crippen LogP contribution in [0, 0.1) is 0 Å². The third kappa shape index (κ3) is 3.37. The number of rotatable bonds is 7. The van der Waals surface area contributed by atoms with Crippen LogP contribution in [-0.4, -0.2) is 50.2 Å². The first kappa shape index (κ1) is 20.2. The zero-order valence-electron chi connectivity index (χ0n) is 16.8. The Morgan fingerprint density at radius 1 is 1.07 bits per heavy atom. The van der Waals surface area contributed by atoms with Crippen molar-refractivity contribution in [3.05, 3.63) is 59.7 Å². The van der Waals surface area contributed by atoms with E-state index in [1.165, 1.54) is 0 Å². The third-order valence-corrected chi connectivity index (χ3v) is 5.88. The van der Waals surface area contributed by atoms with Crippen LogP contribution in [-0.2, 0) is 11.3 Å². The highest BCUT2D eigenvalue weighted by Gasteiger charge is 2.42. The molecular weight excluding hydrogens is 400 g/mol. The fraction of sp³-hybridized carbons (Fsp3) is 0.273. The summed E-state index contributed by atoms with van der Waals surface area (Å²) in [6, 6.07) is 13.4. The van der Waals surface area contributed by atoms with Gasteiger partial charge in [-0.25, -0.2) is 4.98 Å². The highest BCUT2D eigenvalue weighted by Crippen LogP contribution is 2.27. The quantitative estimate of drug-likeness (QED) is 0.590. The number of benzene rings is 2. The Balaban J connectivity index is 1.66. The van der Waals surface area contributed by atoms with Gasteiger partial charge < -0.3 is 4.57 Å². The molecule has 0 spiro atoms. The van der Waals surface area contributed by atoms with Crippen molar-refractivity contribution in [3.8, 4) is 0 Å². The number of aromatic nitrogens is 2. The van der Waals surface area contributed by atoms with Crippen LogP contribution in [0.25, 0.3) is 11.0 Å². The molecule has 0 aliphatic carbocycles. The van der Waals surface area contributed by atoms with E-state index >= 15 is 0 Å². The molecule has 3 amide bonds. The van der Waals surface area contributed by atoms with E-state index in [4.69, 9.17) is 0 Å². The molecular formula is C22H22N4O3S. The molecule has 1 aliphatic rings. The van der Waals surface area contributed by atoms with Crippen LogP contribution < -0.4 is 5.32 Å². The van der Waals surface area contributed by atoms with E-state index in [1.54, 1.807) is 36.0 Å². The third-order valence-electron chi connectivity index (χ3n) is 5.24. The van der Waals surface area contributed by atoms with Crippen molar-refractivity contribution < 1.29 is 14.4 Å². The summed E-state index contributed by atoms with van der Waals surface area (Å²) < 4.78 is 1.90. The van der Waals surface area contributed by atoms with Gasteiger partial charge in [-0.2, -0.15) is 11.8 Å². The Hall–Kier alpha value is -3.13. The molecule has 0 saturated carbocycles. The Labute approximate surface area is 178 Å². The second-order valence-electron chi connectivity index (χ2n) is 6.98. The fourth-order valence-corrected chi connectivity index (χ4v) is 4.24. The molecule has 0 radical (unpaired) electrons. The normalized spacial score (nSPS) is 14.3. The molecule has 2 aromatic carbocycles. The lowest BCUT2D eigenvalue weighted by molar-refractivity contribution is -0.120. The van der Waals surface area contributed by atoms with Gasteiger partial charge in [-0.05, 0) is 49.6 Å². The van der Waals surface area contributed by atoms with Gasteiger partial charge in [-0.15, -0.1) is 0 Å². The number of nitrogens with zero attached hydrogens (tertiary/aromatic N) is 3. The van der Waals surface area contributed by atoms with Crippen molar-refractivity contribution in [2.24, 2.45) is 0 Å². The van der Waals surface area contributed by atoms with Gasteiger partial charge in [0.25, 0.3) is 11.8 Å². The maximum Gasteiger partial charge on any atom is 0.262 e. The van der Waals surface area contributed by atoms with E-state index < -0.39 is 23.8 Å². The summed E-state index contributed by atoms with van der Waals surface area (Å²) in [6.45, 7) is 2.60. The second kappa shape index (κ2) is 8.31. The summed E-state index contributed by atoms with van der Waals surface area (Å²) in [7, 11) is 0. The first-order valence-electron chi connectivity index (χ1n) is 9.78. The minimum Gasteiger partial charge on any atom is -0.310 e. The fourth-order valence-electron chi connectivity index (χ4n) is 3.78. The number of thioether (sulfide) groups is 1. The van der Waals surface area contributed by atoms with Crippen molar-refractivity contribution >= 4 is 46.5 Å². The molecule has 0 saturated heterocycles. The van der Waals surface area contributed by atoms with E-state index in [-0.39, 0.29) is 0 Å². The first-order valence-corrected chi connectivity index (χ1v) is 11.2. The minimum absolute atomic E-state index is 0.338. The molecule has 4 rings (SSSR count). The Kier molecular flexibility index (Phi) is 5.59. The van der Waals surface area contributed by atoms with Crippen molar-refractivity contribution in [2.75, 3.05) is 17.3 Å². The number of para-hydroxylation sites is 2. The van der Waals surface area contributed by atoms with Crippen LogP contribution >= 0.6 is 11.8 Å². The largest absolute Gasteiger partial charge is 0.310 e. The second-order valence-corrected chi connectivity index (χ2v) is 7.97. The van der Waals surface area contributed by atoms with Crippen molar-refractivity contribution in [1.82, 2.24) is 14.5 Å². The van der Waals surface area contributed by atoms with Gasteiger partial charge in [0, 0.05) is 6.54 Å². The Morgan fingerprint density at radius 3 is 2.33 bits per heavy atom. The van der Waals surface area contributed by atoms with Crippen LogP contribution in [0.4, 0.5) is 5.95 Å². The number of hydrogen-bond donors (Lipinski definition) is 1. The number of aryl methyl sites for hydroxylation is 1. The van der Waals surface area contributed by atoms with Crippen LogP contribution in [0.3, 0.4) is 0 Å². The zero-order valence-corrected chi connectivity index (χ0v) is 17.6.